The first kappa shape index (κ1) is 14.8. The number of nitrogens with two attached hydrogens (primary N) is 1. The molecule has 0 bridgehead atoms. The van der Waals surface area contributed by atoms with E-state index >= 15 is 0 Å². The number of hydrogen-bond acceptors (Lipinski definition) is 3. The summed E-state index contributed by atoms with van der Waals surface area (Å²) in [7, 11) is 0. The second-order valence-electron chi connectivity index (χ2n) is 6.26. The number of ether oxygens (including phenoxy) is 1. The van der Waals surface area contributed by atoms with E-state index in [1.54, 1.807) is 0 Å². The minimum absolute atomic E-state index is 0.00588. The number of anilines is 1. The third-order valence-electron chi connectivity index (χ3n) is 4.94. The molecule has 5 atom stereocenters. The van der Waals surface area contributed by atoms with Gasteiger partial charge in [0.1, 0.15) is 0 Å². The number of fused-ring (bicyclic) bond motifs is 1. The Morgan fingerprint density at radius 2 is 2.05 bits per heavy atom. The molecular weight excluding hydrogens is 288 g/mol. The molecule has 1 aromatic carbocycles. The van der Waals surface area contributed by atoms with Crippen LogP contribution in [0.2, 0.25) is 5.02 Å². The van der Waals surface area contributed by atoms with E-state index in [2.05, 4.69) is 26.1 Å². The summed E-state index contributed by atoms with van der Waals surface area (Å²) < 4.78 is 5.89. The molecule has 2 aliphatic heterocycles. The molecule has 0 spiro atoms. The van der Waals surface area contributed by atoms with Gasteiger partial charge in [0.05, 0.1) is 18.6 Å². The van der Waals surface area contributed by atoms with Gasteiger partial charge >= 0.3 is 0 Å². The van der Waals surface area contributed by atoms with Crippen LogP contribution in [-0.2, 0) is 16.0 Å². The quantitative estimate of drug-likeness (QED) is 0.883. The largest absolute Gasteiger partial charge is 0.375 e. The molecule has 2 aliphatic rings. The zero-order valence-corrected chi connectivity index (χ0v) is 13.3. The molecule has 114 valence electrons. The lowest BCUT2D eigenvalue weighted by Gasteiger charge is -2.27. The molecule has 1 aromatic rings. The van der Waals surface area contributed by atoms with Crippen molar-refractivity contribution in [3.8, 4) is 0 Å². The van der Waals surface area contributed by atoms with Gasteiger partial charge in [0.25, 0.3) is 0 Å². The van der Waals surface area contributed by atoms with Crippen LogP contribution in [0.1, 0.15) is 37.9 Å². The van der Waals surface area contributed by atoms with Crippen LogP contribution in [0.4, 0.5) is 5.69 Å². The number of rotatable bonds is 2. The Morgan fingerprint density at radius 3 is 2.67 bits per heavy atom. The Labute approximate surface area is 130 Å². The molecule has 0 saturated carbocycles. The van der Waals surface area contributed by atoms with E-state index in [0.29, 0.717) is 17.4 Å². The van der Waals surface area contributed by atoms with Gasteiger partial charge in [0, 0.05) is 22.7 Å². The van der Waals surface area contributed by atoms with Gasteiger partial charge < -0.3 is 15.8 Å². The van der Waals surface area contributed by atoms with Crippen LogP contribution >= 0.6 is 11.6 Å². The van der Waals surface area contributed by atoms with Gasteiger partial charge in [-0.15, -0.1) is 0 Å². The Balaban J connectivity index is 1.94. The van der Waals surface area contributed by atoms with Crippen molar-refractivity contribution in [1.29, 1.82) is 0 Å². The highest BCUT2D eigenvalue weighted by molar-refractivity contribution is 6.32. The smallest absolute Gasteiger partial charge is 0.228 e. The fraction of sp³-hybridized carbons (Fsp3) is 0.562. The minimum atomic E-state index is -0.187. The van der Waals surface area contributed by atoms with E-state index < -0.39 is 0 Å². The molecule has 21 heavy (non-hydrogen) atoms. The predicted octanol–water partition coefficient (Wildman–Crippen LogP) is 2.89. The maximum absolute atomic E-state index is 11.5. The van der Waals surface area contributed by atoms with Gasteiger partial charge in [0.15, 0.2) is 0 Å². The number of halogens is 1. The third kappa shape index (κ3) is 2.45. The molecule has 4 nitrogen and oxygen atoms in total. The zero-order chi connectivity index (χ0) is 15.3. The summed E-state index contributed by atoms with van der Waals surface area (Å²) in [4.78, 5) is 11.5. The lowest BCUT2D eigenvalue weighted by molar-refractivity contribution is -0.115. The summed E-state index contributed by atoms with van der Waals surface area (Å²) in [6.45, 7) is 6.32. The second kappa shape index (κ2) is 5.27. The van der Waals surface area contributed by atoms with Crippen LogP contribution in [0, 0.1) is 11.8 Å². The third-order valence-corrected chi connectivity index (χ3v) is 5.27. The van der Waals surface area contributed by atoms with E-state index in [1.165, 1.54) is 0 Å². The van der Waals surface area contributed by atoms with E-state index in [1.807, 2.05) is 12.1 Å². The molecule has 3 rings (SSSR count). The van der Waals surface area contributed by atoms with Crippen LogP contribution in [-0.4, -0.2) is 18.1 Å². The Bertz CT molecular complexity index is 590. The zero-order valence-electron chi connectivity index (χ0n) is 12.5. The number of carbonyl (C=O) groups excluding carboxylic acids is 1. The molecule has 3 N–H and O–H groups in total. The summed E-state index contributed by atoms with van der Waals surface area (Å²) in [5, 5.41) is 3.42. The second-order valence-corrected chi connectivity index (χ2v) is 6.67. The molecule has 0 aliphatic carbocycles. The molecule has 5 heteroatoms. The van der Waals surface area contributed by atoms with Gasteiger partial charge in [-0.25, -0.2) is 0 Å². The first-order valence-corrected chi connectivity index (χ1v) is 7.79. The van der Waals surface area contributed by atoms with Crippen molar-refractivity contribution in [2.24, 2.45) is 17.6 Å². The summed E-state index contributed by atoms with van der Waals surface area (Å²) in [5.41, 5.74) is 9.19. The van der Waals surface area contributed by atoms with Crippen molar-refractivity contribution in [2.45, 2.75) is 45.4 Å². The summed E-state index contributed by atoms with van der Waals surface area (Å²) in [6, 6.07) is 3.60. The van der Waals surface area contributed by atoms with Gasteiger partial charge in [-0.1, -0.05) is 24.6 Å². The van der Waals surface area contributed by atoms with Crippen LogP contribution < -0.4 is 11.1 Å². The molecule has 5 unspecified atom stereocenters. The van der Waals surface area contributed by atoms with Crippen molar-refractivity contribution in [3.63, 3.8) is 0 Å². The Kier molecular flexibility index (Phi) is 3.72. The maximum atomic E-state index is 11.5. The van der Waals surface area contributed by atoms with Crippen molar-refractivity contribution in [2.75, 3.05) is 5.32 Å². The first-order valence-electron chi connectivity index (χ1n) is 7.41. The molecule has 1 saturated heterocycles. The lowest BCUT2D eigenvalue weighted by Crippen LogP contribution is -2.31. The molecule has 0 radical (unpaired) electrons. The number of nitrogens with one attached hydrogen (secondary N) is 1. The molecule has 0 aromatic heterocycles. The number of hydrogen-bond donors (Lipinski definition) is 2. The molecule has 1 fully saturated rings. The average molecular weight is 309 g/mol. The van der Waals surface area contributed by atoms with Gasteiger partial charge in [-0.3, -0.25) is 4.79 Å². The highest BCUT2D eigenvalue weighted by atomic mass is 35.5. The fourth-order valence-corrected chi connectivity index (χ4v) is 3.93. The number of amides is 1. The van der Waals surface area contributed by atoms with Crippen LogP contribution in [0.3, 0.4) is 0 Å². The van der Waals surface area contributed by atoms with E-state index in [-0.39, 0.29) is 30.1 Å². The topological polar surface area (TPSA) is 64.3 Å². The van der Waals surface area contributed by atoms with Crippen LogP contribution in [0.15, 0.2) is 12.1 Å². The van der Waals surface area contributed by atoms with E-state index in [0.717, 1.165) is 16.8 Å². The van der Waals surface area contributed by atoms with Crippen molar-refractivity contribution in [3.05, 3.63) is 28.3 Å². The van der Waals surface area contributed by atoms with Gasteiger partial charge in [-0.2, -0.15) is 0 Å². The van der Waals surface area contributed by atoms with E-state index in [4.69, 9.17) is 22.1 Å². The highest BCUT2D eigenvalue weighted by Crippen LogP contribution is 2.42. The standard InChI is InChI=1S/C16H21ClN2O2/c1-7-8(2)21-9(3)15(7)16(18)11-4-10-5-14(20)19-13(10)6-12(11)17/h4,6-9,15-16H,5,18H2,1-3H3,(H,19,20). The van der Waals surface area contributed by atoms with Gasteiger partial charge in [0.2, 0.25) is 5.91 Å². The summed E-state index contributed by atoms with van der Waals surface area (Å²) in [6.07, 6.45) is 0.705. The van der Waals surface area contributed by atoms with Crippen molar-refractivity contribution < 1.29 is 9.53 Å². The number of benzene rings is 1. The first-order chi connectivity index (χ1) is 9.88. The highest BCUT2D eigenvalue weighted by Gasteiger charge is 2.41. The summed E-state index contributed by atoms with van der Waals surface area (Å²) >= 11 is 6.39. The van der Waals surface area contributed by atoms with Crippen LogP contribution in [0.5, 0.6) is 0 Å². The Morgan fingerprint density at radius 1 is 1.33 bits per heavy atom. The van der Waals surface area contributed by atoms with Crippen molar-refractivity contribution >= 4 is 23.2 Å². The average Bonchev–Trinajstić information content (AvgIpc) is 2.87. The molecule has 2 heterocycles. The van der Waals surface area contributed by atoms with E-state index in [9.17, 15) is 4.79 Å². The molecular formula is C16H21ClN2O2. The number of carbonyl (C=O) groups is 1. The predicted molar refractivity (Wildman–Crippen MR) is 83.4 cm³/mol. The SMILES string of the molecule is CC1OC(C)C(C(N)c2cc3c(cc2Cl)NC(=O)C3)C1C. The Hall–Kier alpha value is -1.10. The normalized spacial score (nSPS) is 32.9. The van der Waals surface area contributed by atoms with Crippen molar-refractivity contribution in [1.82, 2.24) is 0 Å². The van der Waals surface area contributed by atoms with Gasteiger partial charge in [-0.05, 0) is 37.0 Å². The lowest BCUT2D eigenvalue weighted by atomic mass is 9.80. The van der Waals surface area contributed by atoms with Crippen LogP contribution in [0.25, 0.3) is 0 Å². The minimum Gasteiger partial charge on any atom is -0.375 e. The fourth-order valence-electron chi connectivity index (χ4n) is 3.64. The monoisotopic (exact) mass is 308 g/mol. The maximum Gasteiger partial charge on any atom is 0.228 e. The summed E-state index contributed by atoms with van der Waals surface area (Å²) in [5.74, 6) is 0.603. The molecule has 1 amide bonds.